The molecule has 0 aliphatic carbocycles. The fourth-order valence-corrected chi connectivity index (χ4v) is 3.38. The molecule has 0 radical (unpaired) electrons. The monoisotopic (exact) mass is 333 g/mol. The van der Waals surface area contributed by atoms with E-state index in [2.05, 4.69) is 4.72 Å². The number of halogens is 1. The molecule has 1 aliphatic heterocycles. The van der Waals surface area contributed by atoms with Crippen LogP contribution in [0.4, 0.5) is 0 Å². The van der Waals surface area contributed by atoms with E-state index in [9.17, 15) is 8.42 Å². The molecular formula is C14H20ClNO4S. The van der Waals surface area contributed by atoms with Crippen LogP contribution in [0.2, 0.25) is 5.02 Å². The summed E-state index contributed by atoms with van der Waals surface area (Å²) in [6, 6.07) is 6.76. The van der Waals surface area contributed by atoms with Gasteiger partial charge in [0.25, 0.3) is 0 Å². The number of benzene rings is 1. The number of sulfonamides is 1. The van der Waals surface area contributed by atoms with Crippen LogP contribution in [0.25, 0.3) is 0 Å². The van der Waals surface area contributed by atoms with Crippen molar-refractivity contribution in [2.24, 2.45) is 0 Å². The van der Waals surface area contributed by atoms with Gasteiger partial charge in [-0.3, -0.25) is 0 Å². The number of rotatable bonds is 6. The second kappa shape index (κ2) is 7.07. The summed E-state index contributed by atoms with van der Waals surface area (Å²) < 4.78 is 37.7. The predicted molar refractivity (Wildman–Crippen MR) is 81.6 cm³/mol. The van der Waals surface area contributed by atoms with E-state index in [4.69, 9.17) is 21.1 Å². The normalized spacial score (nSPS) is 18.6. The van der Waals surface area contributed by atoms with Crippen LogP contribution in [0.1, 0.15) is 25.3 Å². The highest BCUT2D eigenvalue weighted by molar-refractivity contribution is 7.88. The van der Waals surface area contributed by atoms with Crippen LogP contribution in [-0.4, -0.2) is 34.0 Å². The fourth-order valence-electron chi connectivity index (χ4n) is 2.11. The van der Waals surface area contributed by atoms with E-state index < -0.39 is 15.8 Å². The van der Waals surface area contributed by atoms with E-state index in [1.54, 1.807) is 24.3 Å². The number of nitrogens with one attached hydrogen (secondary N) is 1. The Kier molecular flexibility index (Phi) is 5.62. The molecule has 1 N–H and O–H groups in total. The largest absolute Gasteiger partial charge is 0.350 e. The summed E-state index contributed by atoms with van der Waals surface area (Å²) in [6.45, 7) is 3.41. The fraction of sp³-hybridized carbons (Fsp3) is 0.571. The van der Waals surface area contributed by atoms with E-state index in [0.717, 1.165) is 6.42 Å². The van der Waals surface area contributed by atoms with Crippen molar-refractivity contribution < 1.29 is 17.9 Å². The van der Waals surface area contributed by atoms with Crippen molar-refractivity contribution in [2.45, 2.75) is 31.3 Å². The zero-order valence-electron chi connectivity index (χ0n) is 12.0. The molecule has 0 aromatic heterocycles. The van der Waals surface area contributed by atoms with Crippen molar-refractivity contribution in [2.75, 3.05) is 19.8 Å². The van der Waals surface area contributed by atoms with Gasteiger partial charge >= 0.3 is 0 Å². The summed E-state index contributed by atoms with van der Waals surface area (Å²) in [6.07, 6.45) is 1.35. The Hall–Kier alpha value is -0.660. The first-order valence-corrected chi connectivity index (χ1v) is 8.91. The molecule has 0 spiro atoms. The SMILES string of the molecule is CC1(CCNS(=O)(=O)Cc2ccc(Cl)cc2)OCCCO1. The maximum absolute atomic E-state index is 12.0. The minimum atomic E-state index is -3.38. The zero-order chi connectivity index (χ0) is 15.3. The third-order valence-corrected chi connectivity index (χ3v) is 4.88. The maximum atomic E-state index is 12.0. The quantitative estimate of drug-likeness (QED) is 0.867. The molecule has 0 atom stereocenters. The van der Waals surface area contributed by atoms with Gasteiger partial charge in [-0.15, -0.1) is 0 Å². The first-order chi connectivity index (χ1) is 9.89. The lowest BCUT2D eigenvalue weighted by molar-refractivity contribution is -0.257. The molecule has 0 saturated carbocycles. The molecule has 0 bridgehead atoms. The number of hydrogen-bond acceptors (Lipinski definition) is 4. The summed E-state index contributed by atoms with van der Waals surface area (Å²) in [4.78, 5) is 0. The highest BCUT2D eigenvalue weighted by Gasteiger charge is 2.28. The summed E-state index contributed by atoms with van der Waals surface area (Å²) in [5.74, 6) is -0.760. The highest BCUT2D eigenvalue weighted by Crippen LogP contribution is 2.21. The molecular weight excluding hydrogens is 314 g/mol. The van der Waals surface area contributed by atoms with Gasteiger partial charge in [0.15, 0.2) is 5.79 Å². The topological polar surface area (TPSA) is 64.6 Å². The molecule has 1 fully saturated rings. The Balaban J connectivity index is 1.82. The van der Waals surface area contributed by atoms with Gasteiger partial charge in [0.2, 0.25) is 10.0 Å². The van der Waals surface area contributed by atoms with Crippen molar-refractivity contribution >= 4 is 21.6 Å². The number of ether oxygens (including phenoxy) is 2. The molecule has 1 heterocycles. The van der Waals surface area contributed by atoms with Gasteiger partial charge in [-0.25, -0.2) is 13.1 Å². The minimum Gasteiger partial charge on any atom is -0.350 e. The summed E-state index contributed by atoms with van der Waals surface area (Å²) in [5, 5.41) is 0.587. The molecule has 1 aromatic carbocycles. The zero-order valence-corrected chi connectivity index (χ0v) is 13.5. The van der Waals surface area contributed by atoms with Gasteiger partial charge in [-0.05, 0) is 31.0 Å². The maximum Gasteiger partial charge on any atom is 0.215 e. The molecule has 2 rings (SSSR count). The first kappa shape index (κ1) is 16.7. The molecule has 0 unspecified atom stereocenters. The van der Waals surface area contributed by atoms with Crippen LogP contribution in [-0.2, 0) is 25.2 Å². The summed E-state index contributed by atoms with van der Waals surface area (Å²) in [7, 11) is -3.38. The minimum absolute atomic E-state index is 0.0669. The van der Waals surface area contributed by atoms with E-state index in [1.807, 2.05) is 6.92 Å². The van der Waals surface area contributed by atoms with Crippen molar-refractivity contribution in [1.29, 1.82) is 0 Å². The van der Waals surface area contributed by atoms with Gasteiger partial charge in [-0.2, -0.15) is 0 Å². The van der Waals surface area contributed by atoms with Crippen molar-refractivity contribution in [3.05, 3.63) is 34.9 Å². The van der Waals surface area contributed by atoms with Gasteiger partial charge in [-0.1, -0.05) is 23.7 Å². The second-order valence-electron chi connectivity index (χ2n) is 5.21. The molecule has 5 nitrogen and oxygen atoms in total. The van der Waals surface area contributed by atoms with Gasteiger partial charge < -0.3 is 9.47 Å². The van der Waals surface area contributed by atoms with Gasteiger partial charge in [0, 0.05) is 18.0 Å². The van der Waals surface area contributed by atoms with Crippen LogP contribution in [0.3, 0.4) is 0 Å². The molecule has 1 saturated heterocycles. The van der Waals surface area contributed by atoms with E-state index >= 15 is 0 Å². The van der Waals surface area contributed by atoms with Gasteiger partial charge in [0.05, 0.1) is 19.0 Å². The average Bonchev–Trinajstić information content (AvgIpc) is 2.41. The van der Waals surface area contributed by atoms with E-state index in [1.165, 1.54) is 0 Å². The molecule has 21 heavy (non-hydrogen) atoms. The Morgan fingerprint density at radius 1 is 1.24 bits per heavy atom. The van der Waals surface area contributed by atoms with Crippen molar-refractivity contribution in [3.63, 3.8) is 0 Å². The molecule has 1 aromatic rings. The summed E-state index contributed by atoms with van der Waals surface area (Å²) in [5.41, 5.74) is 0.697. The van der Waals surface area contributed by atoms with E-state index in [0.29, 0.717) is 30.2 Å². The van der Waals surface area contributed by atoms with Crippen LogP contribution in [0.15, 0.2) is 24.3 Å². The smallest absolute Gasteiger partial charge is 0.215 e. The van der Waals surface area contributed by atoms with Crippen LogP contribution >= 0.6 is 11.6 Å². The van der Waals surface area contributed by atoms with Crippen LogP contribution < -0.4 is 4.72 Å². The Bertz CT molecular complexity index is 553. The Morgan fingerprint density at radius 3 is 2.48 bits per heavy atom. The predicted octanol–water partition coefficient (Wildman–Crippen LogP) is 2.30. The standard InChI is InChI=1S/C14H20ClNO4S/c1-14(19-9-2-10-20-14)7-8-16-21(17,18)11-12-3-5-13(15)6-4-12/h3-6,16H,2,7-11H2,1H3. The molecule has 118 valence electrons. The molecule has 7 heteroatoms. The average molecular weight is 334 g/mol. The van der Waals surface area contributed by atoms with E-state index in [-0.39, 0.29) is 12.3 Å². The molecule has 0 amide bonds. The van der Waals surface area contributed by atoms with Gasteiger partial charge in [0.1, 0.15) is 0 Å². The van der Waals surface area contributed by atoms with Crippen molar-refractivity contribution in [1.82, 2.24) is 4.72 Å². The Labute approximate surface area is 130 Å². The number of hydrogen-bond donors (Lipinski definition) is 1. The lowest BCUT2D eigenvalue weighted by Gasteiger charge is -2.33. The lowest BCUT2D eigenvalue weighted by atomic mass is 10.2. The Morgan fingerprint density at radius 2 is 1.86 bits per heavy atom. The highest BCUT2D eigenvalue weighted by atomic mass is 35.5. The summed E-state index contributed by atoms with van der Waals surface area (Å²) >= 11 is 5.78. The van der Waals surface area contributed by atoms with Crippen LogP contribution in [0, 0.1) is 0 Å². The third kappa shape index (κ3) is 5.56. The lowest BCUT2D eigenvalue weighted by Crippen LogP contribution is -2.41. The van der Waals surface area contributed by atoms with Crippen LogP contribution in [0.5, 0.6) is 0 Å². The second-order valence-corrected chi connectivity index (χ2v) is 7.46. The third-order valence-electron chi connectivity index (χ3n) is 3.27. The molecule has 1 aliphatic rings. The van der Waals surface area contributed by atoms with Crippen molar-refractivity contribution in [3.8, 4) is 0 Å². The first-order valence-electron chi connectivity index (χ1n) is 6.88.